The Balaban J connectivity index is 1.72. The average molecular weight is 572 g/mol. The molecule has 1 unspecified atom stereocenters. The first-order valence-corrected chi connectivity index (χ1v) is 13.9. The van der Waals surface area contributed by atoms with E-state index < -0.39 is 98.0 Å². The van der Waals surface area contributed by atoms with Crippen molar-refractivity contribution in [3.8, 4) is 0 Å². The minimum absolute atomic E-state index is 0.0109. The van der Waals surface area contributed by atoms with Crippen LogP contribution in [0.5, 0.6) is 0 Å². The molecule has 214 valence electrons. The Morgan fingerprint density at radius 1 is 1.18 bits per heavy atom. The molecule has 2 aromatic carbocycles. The van der Waals surface area contributed by atoms with E-state index in [2.05, 4.69) is 0 Å². The number of benzene rings is 2. The molecule has 0 aromatic heterocycles. The Hall–Kier alpha value is -2.30. The lowest BCUT2D eigenvalue weighted by Crippen LogP contribution is -2.44. The molecule has 0 spiro atoms. The molecule has 0 saturated carbocycles. The van der Waals surface area contributed by atoms with Crippen molar-refractivity contribution in [1.29, 1.82) is 0 Å². The number of carbonyl (C=O) groups is 1. The largest absolute Gasteiger partial charge is 0.459 e. The van der Waals surface area contributed by atoms with Gasteiger partial charge in [0.05, 0.1) is 44.7 Å². The number of hydrogen-bond donors (Lipinski definition) is 0. The molecular formula is C30H41NO7S. The molecule has 0 N–H and O–H groups in total. The zero-order chi connectivity index (χ0) is 38.6. The molecule has 2 heterocycles. The van der Waals surface area contributed by atoms with E-state index in [1.807, 2.05) is 0 Å². The number of ether oxygens (including phenoxy) is 4. The Labute approximate surface area is 249 Å². The third-order valence-corrected chi connectivity index (χ3v) is 8.17. The minimum Gasteiger partial charge on any atom is -0.459 e. The number of rotatable bonds is 13. The Morgan fingerprint density at radius 3 is 2.62 bits per heavy atom. The van der Waals surface area contributed by atoms with E-state index in [-0.39, 0.29) is 11.3 Å². The second-order valence-corrected chi connectivity index (χ2v) is 11.4. The van der Waals surface area contributed by atoms with E-state index >= 15 is 0 Å². The first-order chi connectivity index (χ1) is 23.2. The van der Waals surface area contributed by atoms with Crippen LogP contribution in [0.3, 0.4) is 0 Å². The van der Waals surface area contributed by atoms with Crippen LogP contribution in [0.2, 0.25) is 0 Å². The van der Waals surface area contributed by atoms with Gasteiger partial charge in [-0.1, -0.05) is 61.8 Å². The Kier molecular flexibility index (Phi) is 6.00. The van der Waals surface area contributed by atoms with Gasteiger partial charge in [0.25, 0.3) is 0 Å². The van der Waals surface area contributed by atoms with Gasteiger partial charge in [0.15, 0.2) is 6.27 Å². The second kappa shape index (κ2) is 13.4. The number of carbonyl (C=O) groups excluding carboxylic acids is 1. The van der Waals surface area contributed by atoms with Crippen molar-refractivity contribution in [1.82, 2.24) is 4.31 Å². The van der Waals surface area contributed by atoms with Crippen LogP contribution in [0.4, 0.5) is 0 Å². The topological polar surface area (TPSA) is 91.4 Å². The molecule has 4 rings (SSSR count). The van der Waals surface area contributed by atoms with Crippen LogP contribution in [0.25, 0.3) is 0 Å². The highest BCUT2D eigenvalue weighted by atomic mass is 32.2. The summed E-state index contributed by atoms with van der Waals surface area (Å²) in [6, 6.07) is 14.5. The third-order valence-electron chi connectivity index (χ3n) is 6.32. The van der Waals surface area contributed by atoms with Gasteiger partial charge >= 0.3 is 5.97 Å². The molecule has 0 radical (unpaired) electrons. The predicted octanol–water partition coefficient (Wildman–Crippen LogP) is 4.21. The Bertz CT molecular complexity index is 1680. The summed E-state index contributed by atoms with van der Waals surface area (Å²) in [5, 5.41) is 0. The highest BCUT2D eigenvalue weighted by Gasteiger charge is 2.44. The van der Waals surface area contributed by atoms with Crippen molar-refractivity contribution < 1.29 is 48.6 Å². The van der Waals surface area contributed by atoms with Crippen molar-refractivity contribution in [3.63, 3.8) is 0 Å². The molecule has 6 atom stereocenters. The molecule has 2 aliphatic rings. The lowest BCUT2D eigenvalue weighted by Gasteiger charge is -2.32. The van der Waals surface area contributed by atoms with Crippen LogP contribution in [0.15, 0.2) is 59.5 Å². The number of methoxy groups -OCH3 is 1. The molecule has 0 amide bonds. The van der Waals surface area contributed by atoms with E-state index in [4.69, 9.17) is 35.4 Å². The summed E-state index contributed by atoms with van der Waals surface area (Å²) in [7, 11) is -3.11. The van der Waals surface area contributed by atoms with Crippen LogP contribution in [0, 0.1) is 24.7 Å². The number of nitrogens with zero attached hydrogens (tertiary/aromatic N) is 1. The summed E-state index contributed by atoms with van der Waals surface area (Å²) in [6.45, 7) is -7.31. The van der Waals surface area contributed by atoms with E-state index in [1.54, 1.807) is 49.4 Å². The van der Waals surface area contributed by atoms with Crippen molar-refractivity contribution in [2.45, 2.75) is 63.3 Å². The van der Waals surface area contributed by atoms with Crippen LogP contribution in [-0.4, -0.2) is 70.5 Å². The maximum atomic E-state index is 14.0. The summed E-state index contributed by atoms with van der Waals surface area (Å²) in [5.74, 6) is -7.17. The maximum absolute atomic E-state index is 14.0. The summed E-state index contributed by atoms with van der Waals surface area (Å²) >= 11 is 0. The van der Waals surface area contributed by atoms with Crippen LogP contribution in [-0.2, 0) is 40.2 Å². The molecule has 2 fully saturated rings. The van der Waals surface area contributed by atoms with Gasteiger partial charge in [-0.3, -0.25) is 4.79 Å². The van der Waals surface area contributed by atoms with Gasteiger partial charge < -0.3 is 18.9 Å². The quantitative estimate of drug-likeness (QED) is 0.333. The zero-order valence-electron chi connectivity index (χ0n) is 34.0. The van der Waals surface area contributed by atoms with Crippen LogP contribution in [0.1, 0.15) is 54.1 Å². The van der Waals surface area contributed by atoms with E-state index in [1.165, 1.54) is 26.2 Å². The number of hydrogen-bond acceptors (Lipinski definition) is 7. The van der Waals surface area contributed by atoms with Gasteiger partial charge in [-0.25, -0.2) is 8.42 Å². The van der Waals surface area contributed by atoms with Crippen LogP contribution >= 0.6 is 0 Å². The molecular weight excluding hydrogens is 518 g/mol. The van der Waals surface area contributed by atoms with Crippen molar-refractivity contribution in [2.75, 3.05) is 33.3 Å². The molecule has 0 aliphatic carbocycles. The van der Waals surface area contributed by atoms with Gasteiger partial charge in [-0.05, 0) is 43.3 Å². The smallest absolute Gasteiger partial charge is 0.306 e. The monoisotopic (exact) mass is 571 g/mol. The van der Waals surface area contributed by atoms with Gasteiger partial charge in [0, 0.05) is 34.3 Å². The molecule has 2 aliphatic heterocycles. The number of esters is 1. The molecule has 9 heteroatoms. The summed E-state index contributed by atoms with van der Waals surface area (Å²) in [6.07, 6.45) is -12.7. The molecule has 2 aromatic rings. The van der Waals surface area contributed by atoms with Crippen molar-refractivity contribution in [3.05, 3.63) is 65.7 Å². The molecule has 39 heavy (non-hydrogen) atoms. The standard InChI is InChI=1S/C30H41NO7S/c1-21(2)18-31(39(33,34)25-12-10-22(3)11-13-25)19-27(35-4)24(16-23-8-6-5-7-9-23)17-29(32)38-28-20-37-30-26(28)14-15-36-30/h5-13,21,24,26-28,30H,14-20H2,1-4H3/t24-,26+,27-,28+,30-/m1/s1/i1D3,14D2,15D2,20D2,26D,28D,30D/t21?,24-,26+,27-,28+,30-. The van der Waals surface area contributed by atoms with Gasteiger partial charge in [-0.15, -0.1) is 0 Å². The van der Waals surface area contributed by atoms with E-state index in [9.17, 15) is 13.2 Å². The summed E-state index contributed by atoms with van der Waals surface area (Å²) in [5.41, 5.74) is 1.42. The third kappa shape index (κ3) is 7.67. The fourth-order valence-corrected chi connectivity index (χ4v) is 5.88. The van der Waals surface area contributed by atoms with Gasteiger partial charge in [0.2, 0.25) is 10.0 Å². The Morgan fingerprint density at radius 2 is 1.92 bits per heavy atom. The highest BCUT2D eigenvalue weighted by Crippen LogP contribution is 2.33. The lowest BCUT2D eigenvalue weighted by molar-refractivity contribution is -0.153. The first kappa shape index (κ1) is 17.5. The fraction of sp³-hybridized carbons (Fsp3) is 0.567. The highest BCUT2D eigenvalue weighted by molar-refractivity contribution is 7.89. The fourth-order valence-electron chi connectivity index (χ4n) is 4.34. The zero-order valence-corrected chi connectivity index (χ0v) is 22.8. The predicted molar refractivity (Wildman–Crippen MR) is 148 cm³/mol. The van der Waals surface area contributed by atoms with Gasteiger partial charge in [-0.2, -0.15) is 4.31 Å². The number of fused-ring (bicyclic) bond motifs is 1. The van der Waals surface area contributed by atoms with E-state index in [0.717, 1.165) is 9.87 Å². The van der Waals surface area contributed by atoms with Crippen molar-refractivity contribution >= 4 is 16.0 Å². The lowest BCUT2D eigenvalue weighted by atomic mass is 9.90. The van der Waals surface area contributed by atoms with Gasteiger partial charge in [0.1, 0.15) is 6.08 Å². The SMILES string of the molecule is [2H]C([2H])([2H])C(C)CN(C[C@@H](OC)[C@@H](CC(=O)O[C@@]1([2H])C([2H])([2H])O[C@@]2([2H])OC([2H])([2H])C([2H])([2H])[C@]21[2H])Cc1ccccc1)S(=O)(=O)c1ccc(C)cc1. The molecule has 0 bridgehead atoms. The number of aryl methyl sites for hydroxylation is 1. The van der Waals surface area contributed by atoms with Crippen molar-refractivity contribution in [2.24, 2.45) is 17.7 Å². The maximum Gasteiger partial charge on any atom is 0.306 e. The molecule has 8 nitrogen and oxygen atoms in total. The van der Waals surface area contributed by atoms with E-state index in [0.29, 0.717) is 5.56 Å². The normalized spacial score (nSPS) is 37.7. The van der Waals surface area contributed by atoms with Crippen LogP contribution < -0.4 is 0 Å². The summed E-state index contributed by atoms with van der Waals surface area (Å²) < 4.78 is 148. The molecule has 2 saturated heterocycles. The average Bonchev–Trinajstić information content (AvgIpc) is 3.19. The second-order valence-electron chi connectivity index (χ2n) is 9.46. The minimum atomic E-state index is -4.35. The summed E-state index contributed by atoms with van der Waals surface area (Å²) in [4.78, 5) is 13.6. The number of sulfonamides is 1. The first-order valence-electron chi connectivity index (χ1n) is 18.4.